The molecule has 3 rings (SSSR count). The van der Waals surface area contributed by atoms with Crippen LogP contribution in [0.4, 0.5) is 0 Å². The number of carbonyl (C=O) groups is 2. The van der Waals surface area contributed by atoms with E-state index in [1.54, 1.807) is 6.07 Å². The van der Waals surface area contributed by atoms with Gasteiger partial charge in [0.05, 0.1) is 22.3 Å². The van der Waals surface area contributed by atoms with Gasteiger partial charge in [-0.25, -0.2) is 0 Å². The molecule has 2 aromatic carbocycles. The van der Waals surface area contributed by atoms with Crippen LogP contribution < -0.4 is 16.8 Å². The van der Waals surface area contributed by atoms with Gasteiger partial charge in [-0.2, -0.15) is 0 Å². The van der Waals surface area contributed by atoms with Gasteiger partial charge in [0, 0.05) is 12.0 Å². The molecule has 0 saturated carbocycles. The van der Waals surface area contributed by atoms with Crippen LogP contribution in [0.25, 0.3) is 10.2 Å². The molecule has 8 heteroatoms. The van der Waals surface area contributed by atoms with Crippen LogP contribution >= 0.6 is 23.6 Å². The number of amides is 1. The molecule has 1 aromatic heterocycles. The highest BCUT2D eigenvalue weighted by molar-refractivity contribution is 7.73. The van der Waals surface area contributed by atoms with Gasteiger partial charge in [0.2, 0.25) is 5.91 Å². The van der Waals surface area contributed by atoms with Crippen LogP contribution in [0, 0.1) is 3.95 Å². The number of nitrogens with one attached hydrogen (secondary N) is 2. The van der Waals surface area contributed by atoms with E-state index >= 15 is 0 Å². The molecule has 6 nitrogen and oxygen atoms in total. The summed E-state index contributed by atoms with van der Waals surface area (Å²) in [4.78, 5) is 29.1. The first kappa shape index (κ1) is 21.3. The predicted molar refractivity (Wildman–Crippen MR) is 120 cm³/mol. The first-order valence-electron chi connectivity index (χ1n) is 9.45. The number of rotatable bonds is 9. The monoisotopic (exact) mass is 428 g/mol. The van der Waals surface area contributed by atoms with Crippen molar-refractivity contribution in [2.24, 2.45) is 11.5 Å². The van der Waals surface area contributed by atoms with Crippen LogP contribution in [0.1, 0.15) is 28.8 Å². The molecule has 0 saturated heterocycles. The topological polar surface area (TPSA) is 114 Å². The molecule has 1 heterocycles. The van der Waals surface area contributed by atoms with Gasteiger partial charge in [-0.15, -0.1) is 11.3 Å². The zero-order valence-electron chi connectivity index (χ0n) is 15.9. The van der Waals surface area contributed by atoms with Gasteiger partial charge < -0.3 is 21.8 Å². The summed E-state index contributed by atoms with van der Waals surface area (Å²) in [6.45, 7) is 0.465. The van der Waals surface area contributed by atoms with Crippen molar-refractivity contribution in [2.45, 2.75) is 31.3 Å². The number of Topliss-reactive ketones (excluding diaryl/α,β-unsaturated/α-hetero) is 1. The van der Waals surface area contributed by atoms with Crippen LogP contribution in [0.5, 0.6) is 0 Å². The third-order valence-electron chi connectivity index (χ3n) is 4.69. The molecular weight excluding hydrogens is 404 g/mol. The molecule has 3 aromatic rings. The fourth-order valence-electron chi connectivity index (χ4n) is 3.17. The van der Waals surface area contributed by atoms with Gasteiger partial charge >= 0.3 is 0 Å². The molecule has 0 unspecified atom stereocenters. The number of ketones is 1. The fourth-order valence-corrected chi connectivity index (χ4v) is 4.31. The Morgan fingerprint density at radius 2 is 1.90 bits per heavy atom. The number of hydrogen-bond acceptors (Lipinski definition) is 6. The summed E-state index contributed by atoms with van der Waals surface area (Å²) in [5, 5.41) is 2.85. The van der Waals surface area contributed by atoms with E-state index in [2.05, 4.69) is 10.3 Å². The molecule has 1 amide bonds. The average molecular weight is 429 g/mol. The van der Waals surface area contributed by atoms with E-state index in [1.165, 1.54) is 11.3 Å². The van der Waals surface area contributed by atoms with Crippen LogP contribution in [-0.2, 0) is 11.2 Å². The second-order valence-corrected chi connectivity index (χ2v) is 8.56. The Hall–Kier alpha value is -2.39. The van der Waals surface area contributed by atoms with E-state index < -0.39 is 12.1 Å². The van der Waals surface area contributed by atoms with Crippen LogP contribution in [0.15, 0.2) is 48.5 Å². The van der Waals surface area contributed by atoms with Crippen LogP contribution in [0.3, 0.4) is 0 Å². The highest BCUT2D eigenvalue weighted by atomic mass is 32.1. The van der Waals surface area contributed by atoms with Gasteiger partial charge in [0.25, 0.3) is 0 Å². The highest BCUT2D eigenvalue weighted by Gasteiger charge is 2.26. The lowest BCUT2D eigenvalue weighted by Crippen LogP contribution is -2.49. The van der Waals surface area contributed by atoms with Crippen molar-refractivity contribution in [3.63, 3.8) is 0 Å². The van der Waals surface area contributed by atoms with E-state index in [9.17, 15) is 9.59 Å². The Balaban J connectivity index is 1.90. The van der Waals surface area contributed by atoms with Crippen molar-refractivity contribution in [2.75, 3.05) is 6.54 Å². The Labute approximate surface area is 178 Å². The van der Waals surface area contributed by atoms with Gasteiger partial charge in [0.15, 0.2) is 9.74 Å². The lowest BCUT2D eigenvalue weighted by atomic mass is 9.96. The molecule has 0 fully saturated rings. The minimum absolute atomic E-state index is 0.178. The van der Waals surface area contributed by atoms with Crippen molar-refractivity contribution in [1.82, 2.24) is 10.3 Å². The highest BCUT2D eigenvalue weighted by Crippen LogP contribution is 2.24. The smallest absolute Gasteiger partial charge is 0.237 e. The number of thiazole rings is 1. The van der Waals surface area contributed by atoms with E-state index in [4.69, 9.17) is 23.7 Å². The number of aromatic amines is 1. The molecule has 0 aliphatic rings. The van der Waals surface area contributed by atoms with Crippen molar-refractivity contribution in [1.29, 1.82) is 0 Å². The number of benzene rings is 2. The van der Waals surface area contributed by atoms with Gasteiger partial charge in [-0.3, -0.25) is 9.59 Å². The normalized spacial score (nSPS) is 13.2. The van der Waals surface area contributed by atoms with E-state index in [1.807, 2.05) is 42.5 Å². The number of aromatic nitrogens is 1. The molecule has 29 heavy (non-hydrogen) atoms. The zero-order chi connectivity index (χ0) is 20.8. The average Bonchev–Trinajstić information content (AvgIpc) is 3.11. The van der Waals surface area contributed by atoms with Gasteiger partial charge in [-0.05, 0) is 49.3 Å². The van der Waals surface area contributed by atoms with Crippen LogP contribution in [-0.4, -0.2) is 35.3 Å². The molecule has 0 aliphatic carbocycles. The Morgan fingerprint density at radius 3 is 2.62 bits per heavy atom. The number of H-pyrrole nitrogens is 1. The fraction of sp³-hybridized carbons (Fsp3) is 0.286. The summed E-state index contributed by atoms with van der Waals surface area (Å²) < 4.78 is 1.51. The summed E-state index contributed by atoms with van der Waals surface area (Å²) in [6, 6.07) is 13.6. The quantitative estimate of drug-likeness (QED) is 0.309. The summed E-state index contributed by atoms with van der Waals surface area (Å²) >= 11 is 6.64. The summed E-state index contributed by atoms with van der Waals surface area (Å²) in [7, 11) is 0. The largest absolute Gasteiger partial charge is 0.344 e. The molecule has 0 aliphatic heterocycles. The second-order valence-electron chi connectivity index (χ2n) is 6.85. The molecule has 0 bridgehead atoms. The number of carbonyl (C=O) groups excluding carboxylic acids is 2. The Morgan fingerprint density at radius 1 is 1.14 bits per heavy atom. The van der Waals surface area contributed by atoms with Crippen LogP contribution in [0.2, 0.25) is 0 Å². The minimum Gasteiger partial charge on any atom is -0.344 e. The zero-order valence-corrected chi connectivity index (χ0v) is 17.5. The number of fused-ring (bicyclic) bond motifs is 1. The van der Waals surface area contributed by atoms with Crippen molar-refractivity contribution < 1.29 is 9.59 Å². The molecule has 152 valence electrons. The predicted octanol–water partition coefficient (Wildman–Crippen LogP) is 2.94. The molecule has 0 spiro atoms. The second kappa shape index (κ2) is 9.89. The molecule has 2 atom stereocenters. The summed E-state index contributed by atoms with van der Waals surface area (Å²) in [5.41, 5.74) is 13.6. The standard InChI is InChI=1S/C21H24N4O2S2/c22-11-5-9-15(23)20(27)24-16(12-13-6-2-1-3-7-13)19(26)14-8-4-10-17-18(14)25-21(28)29-17/h1-4,6-8,10,15-16H,5,9,11-12,22-23H2,(H,24,27)(H,25,28)/t15-,16-/m0/s1. The first-order valence-corrected chi connectivity index (χ1v) is 10.7. The molecule has 0 radical (unpaired) electrons. The number of hydrogen-bond donors (Lipinski definition) is 4. The van der Waals surface area contributed by atoms with Crippen molar-refractivity contribution >= 4 is 45.5 Å². The Kier molecular flexibility index (Phi) is 7.27. The SMILES string of the molecule is NCCC[C@H](N)C(=O)N[C@@H](Cc1ccccc1)C(=O)c1cccc2sc(=S)[nH]c12. The third kappa shape index (κ3) is 5.36. The number of nitrogens with two attached hydrogens (primary N) is 2. The summed E-state index contributed by atoms with van der Waals surface area (Å²) in [6.07, 6.45) is 1.49. The maximum absolute atomic E-state index is 13.4. The maximum Gasteiger partial charge on any atom is 0.237 e. The minimum atomic E-state index is -0.735. The van der Waals surface area contributed by atoms with E-state index in [0.717, 1.165) is 10.3 Å². The maximum atomic E-state index is 13.4. The first-order chi connectivity index (χ1) is 14.0. The van der Waals surface area contributed by atoms with Gasteiger partial charge in [0.1, 0.15) is 0 Å². The van der Waals surface area contributed by atoms with Crippen molar-refractivity contribution in [3.05, 3.63) is 63.6 Å². The molecular formula is C21H24N4O2S2. The number of para-hydroxylation sites is 1. The van der Waals surface area contributed by atoms with E-state index in [-0.39, 0.29) is 11.7 Å². The molecule has 6 N–H and O–H groups in total. The lowest BCUT2D eigenvalue weighted by molar-refractivity contribution is -0.123. The van der Waals surface area contributed by atoms with Gasteiger partial charge in [-0.1, -0.05) is 36.4 Å². The summed E-state index contributed by atoms with van der Waals surface area (Å²) in [5.74, 6) is -0.527. The van der Waals surface area contributed by atoms with E-state index in [0.29, 0.717) is 40.8 Å². The Bertz CT molecular complexity index is 1050. The van der Waals surface area contributed by atoms with Crippen molar-refractivity contribution in [3.8, 4) is 0 Å². The third-order valence-corrected chi connectivity index (χ3v) is 5.89. The lowest BCUT2D eigenvalue weighted by Gasteiger charge is -2.21.